The van der Waals surface area contributed by atoms with Crippen molar-refractivity contribution >= 4 is 0 Å². The van der Waals surface area contributed by atoms with Crippen LogP contribution in [0, 0.1) is 5.92 Å². The molecule has 0 aromatic carbocycles. The third kappa shape index (κ3) is 3.76. The highest BCUT2D eigenvalue weighted by atomic mass is 16.3. The number of hydrogen-bond donors (Lipinski definition) is 1. The van der Waals surface area contributed by atoms with Crippen molar-refractivity contribution in [3.63, 3.8) is 0 Å². The first-order chi connectivity index (χ1) is 6.90. The third-order valence-corrected chi connectivity index (χ3v) is 3.75. The maximum atomic E-state index is 10.3. The lowest BCUT2D eigenvalue weighted by molar-refractivity contribution is -0.0201. The first-order valence-corrected chi connectivity index (χ1v) is 6.26. The van der Waals surface area contributed by atoms with Crippen molar-refractivity contribution in [2.75, 3.05) is 14.1 Å². The molecule has 0 aliphatic carbocycles. The second-order valence-electron chi connectivity index (χ2n) is 5.19. The molecule has 0 bridgehead atoms. The number of aliphatic hydroxyl groups excluding tert-OH is 1. The molecule has 1 N–H and O–H groups in total. The quantitative estimate of drug-likeness (QED) is 0.706. The SMILES string of the molecule is CCC(CC)(C(O)CCC(C)C)N(C)C. The molecule has 92 valence electrons. The van der Waals surface area contributed by atoms with Gasteiger partial charge in [-0.2, -0.15) is 0 Å². The molecule has 15 heavy (non-hydrogen) atoms. The zero-order valence-electron chi connectivity index (χ0n) is 11.4. The average molecular weight is 215 g/mol. The van der Waals surface area contributed by atoms with Crippen LogP contribution in [0.3, 0.4) is 0 Å². The smallest absolute Gasteiger partial charge is 0.0723 e. The Morgan fingerprint density at radius 1 is 1.07 bits per heavy atom. The monoisotopic (exact) mass is 215 g/mol. The summed E-state index contributed by atoms with van der Waals surface area (Å²) >= 11 is 0. The van der Waals surface area contributed by atoms with Crippen LogP contribution in [-0.2, 0) is 0 Å². The van der Waals surface area contributed by atoms with Crippen LogP contribution in [0.25, 0.3) is 0 Å². The van der Waals surface area contributed by atoms with Crippen LogP contribution in [0.4, 0.5) is 0 Å². The Bertz CT molecular complexity index is 162. The van der Waals surface area contributed by atoms with E-state index in [0.29, 0.717) is 5.92 Å². The molecule has 0 saturated heterocycles. The molecule has 0 rings (SSSR count). The Balaban J connectivity index is 4.47. The van der Waals surface area contributed by atoms with E-state index in [1.54, 1.807) is 0 Å². The summed E-state index contributed by atoms with van der Waals surface area (Å²) in [5, 5.41) is 10.3. The normalized spacial score (nSPS) is 15.0. The van der Waals surface area contributed by atoms with E-state index < -0.39 is 0 Å². The van der Waals surface area contributed by atoms with Crippen molar-refractivity contribution < 1.29 is 5.11 Å². The summed E-state index contributed by atoms with van der Waals surface area (Å²) in [6.07, 6.45) is 3.84. The van der Waals surface area contributed by atoms with Gasteiger partial charge in [0.25, 0.3) is 0 Å². The van der Waals surface area contributed by atoms with Gasteiger partial charge in [0.15, 0.2) is 0 Å². The highest BCUT2D eigenvalue weighted by Gasteiger charge is 2.36. The van der Waals surface area contributed by atoms with Crippen molar-refractivity contribution in [2.45, 2.75) is 65.0 Å². The Morgan fingerprint density at radius 3 is 1.80 bits per heavy atom. The van der Waals surface area contributed by atoms with Gasteiger partial charge in [0, 0.05) is 5.54 Å². The van der Waals surface area contributed by atoms with Crippen molar-refractivity contribution in [1.29, 1.82) is 0 Å². The minimum atomic E-state index is -0.204. The molecule has 0 fully saturated rings. The topological polar surface area (TPSA) is 23.5 Å². The minimum Gasteiger partial charge on any atom is -0.391 e. The van der Waals surface area contributed by atoms with Crippen molar-refractivity contribution in [3.05, 3.63) is 0 Å². The predicted molar refractivity (Wildman–Crippen MR) is 67.1 cm³/mol. The van der Waals surface area contributed by atoms with Gasteiger partial charge in [-0.05, 0) is 45.7 Å². The standard InChI is InChI=1S/C13H29NO/c1-7-13(8-2,14(5)6)12(15)10-9-11(3)4/h11-12,15H,7-10H2,1-6H3. The van der Waals surface area contributed by atoms with Gasteiger partial charge in [-0.15, -0.1) is 0 Å². The minimum absolute atomic E-state index is 0.0328. The highest BCUT2D eigenvalue weighted by Crippen LogP contribution is 2.29. The number of likely N-dealkylation sites (N-methyl/N-ethyl adjacent to an activating group) is 1. The maximum absolute atomic E-state index is 10.3. The lowest BCUT2D eigenvalue weighted by atomic mass is 9.82. The fourth-order valence-corrected chi connectivity index (χ4v) is 2.41. The fourth-order valence-electron chi connectivity index (χ4n) is 2.41. The first-order valence-electron chi connectivity index (χ1n) is 6.26. The lowest BCUT2D eigenvalue weighted by Gasteiger charge is -2.43. The van der Waals surface area contributed by atoms with Crippen LogP contribution >= 0.6 is 0 Å². The van der Waals surface area contributed by atoms with E-state index in [0.717, 1.165) is 25.7 Å². The van der Waals surface area contributed by atoms with Gasteiger partial charge in [0.1, 0.15) is 0 Å². The molecule has 0 radical (unpaired) electrons. The molecule has 0 heterocycles. The van der Waals surface area contributed by atoms with E-state index in [1.807, 2.05) is 0 Å². The van der Waals surface area contributed by atoms with Gasteiger partial charge in [-0.1, -0.05) is 27.7 Å². The highest BCUT2D eigenvalue weighted by molar-refractivity contribution is 4.92. The molecule has 0 amide bonds. The third-order valence-electron chi connectivity index (χ3n) is 3.75. The molecule has 0 spiro atoms. The van der Waals surface area contributed by atoms with Crippen molar-refractivity contribution in [2.24, 2.45) is 5.92 Å². The molecule has 2 nitrogen and oxygen atoms in total. The Kier molecular flexibility index (Phi) is 6.46. The number of aliphatic hydroxyl groups is 1. The molecule has 0 aromatic heterocycles. The van der Waals surface area contributed by atoms with E-state index in [2.05, 4.69) is 46.7 Å². The summed E-state index contributed by atoms with van der Waals surface area (Å²) < 4.78 is 0. The van der Waals surface area contributed by atoms with E-state index in [-0.39, 0.29) is 11.6 Å². The summed E-state index contributed by atoms with van der Waals surface area (Å²) in [7, 11) is 4.15. The second-order valence-corrected chi connectivity index (χ2v) is 5.19. The van der Waals surface area contributed by atoms with Gasteiger partial charge < -0.3 is 10.0 Å². The van der Waals surface area contributed by atoms with Crippen LogP contribution in [-0.4, -0.2) is 35.7 Å². The van der Waals surface area contributed by atoms with Crippen molar-refractivity contribution in [1.82, 2.24) is 4.90 Å². The summed E-state index contributed by atoms with van der Waals surface area (Å²) in [6.45, 7) is 8.76. The van der Waals surface area contributed by atoms with Crippen LogP contribution in [0.15, 0.2) is 0 Å². The average Bonchev–Trinajstić information content (AvgIpc) is 2.17. The van der Waals surface area contributed by atoms with Crippen LogP contribution in [0.1, 0.15) is 53.4 Å². The Hall–Kier alpha value is -0.0800. The van der Waals surface area contributed by atoms with Gasteiger partial charge in [0.2, 0.25) is 0 Å². The Labute approximate surface area is 95.7 Å². The Morgan fingerprint density at radius 2 is 1.53 bits per heavy atom. The summed E-state index contributed by atoms with van der Waals surface area (Å²) in [5.74, 6) is 0.674. The zero-order valence-corrected chi connectivity index (χ0v) is 11.4. The molecule has 0 aromatic rings. The van der Waals surface area contributed by atoms with E-state index >= 15 is 0 Å². The van der Waals surface area contributed by atoms with Crippen molar-refractivity contribution in [3.8, 4) is 0 Å². The largest absolute Gasteiger partial charge is 0.391 e. The van der Waals surface area contributed by atoms with E-state index in [9.17, 15) is 5.11 Å². The van der Waals surface area contributed by atoms with E-state index in [1.165, 1.54) is 0 Å². The van der Waals surface area contributed by atoms with Crippen LogP contribution in [0.5, 0.6) is 0 Å². The summed E-state index contributed by atoms with van der Waals surface area (Å²) in [4.78, 5) is 2.19. The van der Waals surface area contributed by atoms with Gasteiger partial charge >= 0.3 is 0 Å². The van der Waals surface area contributed by atoms with Crippen LogP contribution < -0.4 is 0 Å². The number of hydrogen-bond acceptors (Lipinski definition) is 2. The molecule has 0 aliphatic rings. The molecule has 0 aliphatic heterocycles. The summed E-state index contributed by atoms with van der Waals surface area (Å²) in [6, 6.07) is 0. The van der Waals surface area contributed by atoms with E-state index in [4.69, 9.17) is 0 Å². The van der Waals surface area contributed by atoms with Gasteiger partial charge in [-0.3, -0.25) is 0 Å². The molecule has 1 unspecified atom stereocenters. The maximum Gasteiger partial charge on any atom is 0.0723 e. The zero-order chi connectivity index (χ0) is 12.1. The first kappa shape index (κ1) is 14.9. The van der Waals surface area contributed by atoms with Crippen LogP contribution in [0.2, 0.25) is 0 Å². The second kappa shape index (κ2) is 6.49. The lowest BCUT2D eigenvalue weighted by Crippen LogP contribution is -2.52. The molecule has 1 atom stereocenters. The molecule has 2 heteroatoms. The predicted octanol–water partition coefficient (Wildman–Crippen LogP) is 2.90. The number of rotatable bonds is 7. The number of nitrogens with zero attached hydrogens (tertiary/aromatic N) is 1. The van der Waals surface area contributed by atoms with Gasteiger partial charge in [-0.25, -0.2) is 0 Å². The fraction of sp³-hybridized carbons (Fsp3) is 1.00. The van der Waals surface area contributed by atoms with Gasteiger partial charge in [0.05, 0.1) is 6.10 Å². The summed E-state index contributed by atoms with van der Waals surface area (Å²) in [5.41, 5.74) is -0.0328. The molecular formula is C13H29NO. The molecular weight excluding hydrogens is 186 g/mol. The molecule has 0 saturated carbocycles.